The van der Waals surface area contributed by atoms with Crippen LogP contribution < -0.4 is 15.5 Å². The number of hydrogen-bond donors (Lipinski definition) is 2. The van der Waals surface area contributed by atoms with E-state index in [-0.39, 0.29) is 18.4 Å². The zero-order chi connectivity index (χ0) is 23.7. The van der Waals surface area contributed by atoms with Crippen LogP contribution >= 0.6 is 0 Å². The van der Waals surface area contributed by atoms with Crippen molar-refractivity contribution in [2.24, 2.45) is 5.10 Å². The summed E-state index contributed by atoms with van der Waals surface area (Å²) in [7, 11) is 0. The maximum atomic E-state index is 11.8. The molecule has 2 amide bonds. The van der Waals surface area contributed by atoms with E-state index >= 15 is 0 Å². The number of rotatable bonds is 15. The lowest BCUT2D eigenvalue weighted by molar-refractivity contribution is -0.126. The highest BCUT2D eigenvalue weighted by Gasteiger charge is 2.04. The number of carbonyl (C=O) groups excluding carboxylic acids is 2. The largest absolute Gasteiger partial charge is 0.489 e. The average molecular weight is 452 g/mol. The zero-order valence-corrected chi connectivity index (χ0v) is 19.9. The van der Waals surface area contributed by atoms with Gasteiger partial charge in [0.15, 0.2) is 0 Å². The van der Waals surface area contributed by atoms with E-state index in [1.54, 1.807) is 6.21 Å². The molecule has 33 heavy (non-hydrogen) atoms. The fourth-order valence-electron chi connectivity index (χ4n) is 3.23. The molecule has 2 aromatic carbocycles. The van der Waals surface area contributed by atoms with E-state index in [1.165, 1.54) is 37.7 Å². The van der Waals surface area contributed by atoms with Crippen LogP contribution in [0.5, 0.6) is 5.75 Å². The van der Waals surface area contributed by atoms with Crippen molar-refractivity contribution < 1.29 is 14.3 Å². The summed E-state index contributed by atoms with van der Waals surface area (Å²) < 4.78 is 5.79. The van der Waals surface area contributed by atoms with Gasteiger partial charge in [0.25, 0.3) is 5.91 Å². The molecule has 0 fully saturated rings. The van der Waals surface area contributed by atoms with E-state index in [9.17, 15) is 9.59 Å². The van der Waals surface area contributed by atoms with Gasteiger partial charge in [-0.15, -0.1) is 0 Å². The number of hydrazone groups is 1. The van der Waals surface area contributed by atoms with Gasteiger partial charge >= 0.3 is 0 Å². The number of nitrogens with zero attached hydrogens (tertiary/aromatic N) is 1. The summed E-state index contributed by atoms with van der Waals surface area (Å²) in [6.07, 6.45) is 10.1. The van der Waals surface area contributed by atoms with Gasteiger partial charge in [-0.3, -0.25) is 9.59 Å². The second-order valence-corrected chi connectivity index (χ2v) is 8.28. The maximum absolute atomic E-state index is 11.8. The molecule has 0 saturated heterocycles. The van der Waals surface area contributed by atoms with Crippen molar-refractivity contribution in [2.45, 2.75) is 71.8 Å². The number of hydrogen-bond acceptors (Lipinski definition) is 4. The lowest BCUT2D eigenvalue weighted by Crippen LogP contribution is -2.34. The number of aryl methyl sites for hydroxylation is 1. The first-order valence-electron chi connectivity index (χ1n) is 11.9. The number of benzene rings is 2. The van der Waals surface area contributed by atoms with Crippen LogP contribution in [0.15, 0.2) is 53.6 Å². The van der Waals surface area contributed by atoms with Crippen molar-refractivity contribution in [2.75, 3.05) is 6.54 Å². The van der Waals surface area contributed by atoms with Crippen LogP contribution in [0.4, 0.5) is 0 Å². The van der Waals surface area contributed by atoms with E-state index in [1.807, 2.05) is 24.3 Å². The number of nitrogens with one attached hydrogen (secondary N) is 2. The van der Waals surface area contributed by atoms with Crippen LogP contribution in [0.1, 0.15) is 75.0 Å². The lowest BCUT2D eigenvalue weighted by Gasteiger charge is -2.07. The Bertz CT molecular complexity index is 861. The topological polar surface area (TPSA) is 79.8 Å². The Morgan fingerprint density at radius 3 is 2.24 bits per heavy atom. The summed E-state index contributed by atoms with van der Waals surface area (Å²) in [5, 5.41) is 6.58. The molecule has 0 aromatic heterocycles. The van der Waals surface area contributed by atoms with Crippen molar-refractivity contribution >= 4 is 18.0 Å². The minimum atomic E-state index is -0.350. The summed E-state index contributed by atoms with van der Waals surface area (Å²) in [6, 6.07) is 15.7. The molecule has 2 aromatic rings. The fourth-order valence-corrected chi connectivity index (χ4v) is 3.23. The van der Waals surface area contributed by atoms with Crippen LogP contribution in [0.2, 0.25) is 0 Å². The molecule has 0 atom stereocenters. The first-order valence-corrected chi connectivity index (χ1v) is 11.9. The molecule has 0 unspecified atom stereocenters. The third-order valence-electron chi connectivity index (χ3n) is 5.26. The molecule has 0 aliphatic rings. The summed E-state index contributed by atoms with van der Waals surface area (Å²) in [4.78, 5) is 23.7. The molecular weight excluding hydrogens is 414 g/mol. The Morgan fingerprint density at radius 2 is 1.55 bits per heavy atom. The van der Waals surface area contributed by atoms with E-state index < -0.39 is 0 Å². The highest BCUT2D eigenvalue weighted by molar-refractivity contribution is 5.86. The Labute approximate surface area is 197 Å². The highest BCUT2D eigenvalue weighted by Crippen LogP contribution is 2.14. The lowest BCUT2D eigenvalue weighted by atomic mass is 10.1. The SMILES string of the molecule is CCCCCCCCCC(=O)NCC(=O)N/N=C/c1ccc(OCc2ccc(C)cc2)cc1. The molecule has 0 aliphatic heterocycles. The zero-order valence-electron chi connectivity index (χ0n) is 19.9. The van der Waals surface area contributed by atoms with Gasteiger partial charge in [-0.25, -0.2) is 5.43 Å². The Balaban J connectivity index is 1.58. The number of unbranched alkanes of at least 4 members (excludes halogenated alkanes) is 6. The third kappa shape index (κ3) is 11.9. The average Bonchev–Trinajstić information content (AvgIpc) is 2.82. The molecular formula is C27H37N3O3. The molecule has 0 radical (unpaired) electrons. The molecule has 178 valence electrons. The van der Waals surface area contributed by atoms with Gasteiger partial charge in [0.05, 0.1) is 12.8 Å². The second kappa shape index (κ2) is 15.6. The quantitative estimate of drug-likeness (QED) is 0.220. The molecule has 6 nitrogen and oxygen atoms in total. The van der Waals surface area contributed by atoms with Crippen molar-refractivity contribution in [3.8, 4) is 5.75 Å². The van der Waals surface area contributed by atoms with Gasteiger partial charge in [-0.1, -0.05) is 75.3 Å². The summed E-state index contributed by atoms with van der Waals surface area (Å²) in [5.41, 5.74) is 5.60. The van der Waals surface area contributed by atoms with Crippen LogP contribution in [-0.2, 0) is 16.2 Å². The minimum Gasteiger partial charge on any atom is -0.489 e. The normalized spacial score (nSPS) is 10.8. The maximum Gasteiger partial charge on any atom is 0.259 e. The van der Waals surface area contributed by atoms with Crippen LogP contribution in [0, 0.1) is 6.92 Å². The van der Waals surface area contributed by atoms with E-state index in [0.717, 1.165) is 29.7 Å². The number of carbonyl (C=O) groups is 2. The van der Waals surface area contributed by atoms with Gasteiger partial charge in [0, 0.05) is 6.42 Å². The van der Waals surface area contributed by atoms with Gasteiger partial charge in [-0.2, -0.15) is 5.10 Å². The molecule has 2 rings (SSSR count). The number of amides is 2. The standard InChI is InChI=1S/C27H37N3O3/c1-3-4-5-6-7-8-9-10-26(31)28-20-27(32)30-29-19-23-15-17-25(18-16-23)33-21-24-13-11-22(2)12-14-24/h11-19H,3-10,20-21H2,1-2H3,(H,28,31)(H,30,32)/b29-19+. The Hall–Kier alpha value is -3.15. The predicted molar refractivity (Wildman–Crippen MR) is 133 cm³/mol. The van der Waals surface area contributed by atoms with Gasteiger partial charge in [0.2, 0.25) is 5.91 Å². The molecule has 0 heterocycles. The Morgan fingerprint density at radius 1 is 0.879 bits per heavy atom. The molecule has 0 spiro atoms. The van der Waals surface area contributed by atoms with Crippen molar-refractivity contribution in [1.29, 1.82) is 0 Å². The highest BCUT2D eigenvalue weighted by atomic mass is 16.5. The smallest absolute Gasteiger partial charge is 0.259 e. The second-order valence-electron chi connectivity index (χ2n) is 8.28. The summed E-state index contributed by atoms with van der Waals surface area (Å²) >= 11 is 0. The van der Waals surface area contributed by atoms with Gasteiger partial charge in [0.1, 0.15) is 12.4 Å². The molecule has 6 heteroatoms. The van der Waals surface area contributed by atoms with E-state index in [2.05, 4.69) is 54.0 Å². The van der Waals surface area contributed by atoms with Crippen molar-refractivity contribution in [1.82, 2.24) is 10.7 Å². The number of ether oxygens (including phenoxy) is 1. The summed E-state index contributed by atoms with van der Waals surface area (Å²) in [5.74, 6) is 0.321. The molecule has 0 saturated carbocycles. The van der Waals surface area contributed by atoms with Crippen LogP contribution in [-0.4, -0.2) is 24.6 Å². The van der Waals surface area contributed by atoms with Gasteiger partial charge < -0.3 is 10.1 Å². The molecule has 0 aliphatic carbocycles. The predicted octanol–water partition coefficient (Wildman–Crippen LogP) is 5.28. The molecule has 2 N–H and O–H groups in total. The monoisotopic (exact) mass is 451 g/mol. The van der Waals surface area contributed by atoms with E-state index in [4.69, 9.17) is 4.74 Å². The van der Waals surface area contributed by atoms with E-state index in [0.29, 0.717) is 13.0 Å². The third-order valence-corrected chi connectivity index (χ3v) is 5.26. The van der Waals surface area contributed by atoms with Crippen LogP contribution in [0.25, 0.3) is 0 Å². The fraction of sp³-hybridized carbons (Fsp3) is 0.444. The first kappa shape index (κ1) is 26.1. The van der Waals surface area contributed by atoms with Crippen LogP contribution in [0.3, 0.4) is 0 Å². The van der Waals surface area contributed by atoms with Gasteiger partial charge in [-0.05, 0) is 48.7 Å². The minimum absolute atomic E-state index is 0.0710. The van der Waals surface area contributed by atoms with Crippen molar-refractivity contribution in [3.63, 3.8) is 0 Å². The Kier molecular flexibility index (Phi) is 12.4. The summed E-state index contributed by atoms with van der Waals surface area (Å²) in [6.45, 7) is 4.70. The first-order chi connectivity index (χ1) is 16.1. The van der Waals surface area contributed by atoms with Crippen molar-refractivity contribution in [3.05, 3.63) is 65.2 Å². The molecule has 0 bridgehead atoms.